The first-order valence-electron chi connectivity index (χ1n) is 6.57. The largest absolute Gasteiger partial charge is 0.437 e. The van der Waals surface area contributed by atoms with Crippen molar-refractivity contribution in [1.82, 2.24) is 14.8 Å². The Morgan fingerprint density at radius 3 is 2.62 bits per heavy atom. The van der Waals surface area contributed by atoms with Crippen LogP contribution < -0.4 is 4.74 Å². The predicted molar refractivity (Wildman–Crippen MR) is 82.2 cm³/mol. The van der Waals surface area contributed by atoms with Crippen molar-refractivity contribution in [3.8, 4) is 17.3 Å². The molecular weight excluding hydrogens is 286 g/mol. The van der Waals surface area contributed by atoms with Crippen molar-refractivity contribution < 1.29 is 4.74 Å². The van der Waals surface area contributed by atoms with E-state index >= 15 is 0 Å². The Kier molecular flexibility index (Phi) is 3.88. The van der Waals surface area contributed by atoms with E-state index in [1.165, 1.54) is 0 Å². The molecule has 3 rings (SSSR count). The first-order valence-corrected chi connectivity index (χ1v) is 7.11. The molecule has 0 saturated carbocycles. The van der Waals surface area contributed by atoms with Gasteiger partial charge >= 0.3 is 0 Å². The molecule has 0 radical (unpaired) electrons. The maximum atomic E-state index is 6.06. The molecule has 0 aliphatic rings. The zero-order valence-corrected chi connectivity index (χ0v) is 12.3. The van der Waals surface area contributed by atoms with E-state index in [9.17, 15) is 0 Å². The monoisotopic (exact) mass is 299 g/mol. The van der Waals surface area contributed by atoms with Crippen molar-refractivity contribution in [1.29, 1.82) is 0 Å². The highest BCUT2D eigenvalue weighted by atomic mass is 35.5. The Morgan fingerprint density at radius 2 is 1.95 bits per heavy atom. The number of rotatable bonds is 4. The van der Waals surface area contributed by atoms with Gasteiger partial charge in [-0.25, -0.2) is 4.68 Å². The number of benzene rings is 1. The third-order valence-electron chi connectivity index (χ3n) is 3.12. The van der Waals surface area contributed by atoms with E-state index in [0.29, 0.717) is 17.5 Å². The van der Waals surface area contributed by atoms with Crippen molar-refractivity contribution in [3.05, 3.63) is 66.1 Å². The summed E-state index contributed by atoms with van der Waals surface area (Å²) >= 11 is 6.06. The van der Waals surface area contributed by atoms with Crippen molar-refractivity contribution >= 4 is 11.6 Å². The number of aryl methyl sites for hydroxylation is 1. The van der Waals surface area contributed by atoms with Crippen molar-refractivity contribution in [2.24, 2.45) is 0 Å². The Morgan fingerprint density at radius 1 is 1.14 bits per heavy atom. The Hall–Kier alpha value is -2.33. The molecule has 5 heteroatoms. The average Bonchev–Trinajstić information content (AvgIpc) is 2.85. The Labute approximate surface area is 128 Å². The fraction of sp³-hybridized carbons (Fsp3) is 0.125. The topological polar surface area (TPSA) is 39.9 Å². The molecule has 0 fully saturated rings. The number of pyridine rings is 1. The van der Waals surface area contributed by atoms with Crippen LogP contribution in [0.25, 0.3) is 5.69 Å². The zero-order valence-electron chi connectivity index (χ0n) is 11.5. The lowest BCUT2D eigenvalue weighted by atomic mass is 10.3. The summed E-state index contributed by atoms with van der Waals surface area (Å²) < 4.78 is 7.72. The predicted octanol–water partition coefficient (Wildman–Crippen LogP) is 4.11. The second-order valence-electron chi connectivity index (χ2n) is 4.54. The van der Waals surface area contributed by atoms with Gasteiger partial charge in [0.05, 0.1) is 29.0 Å². The summed E-state index contributed by atoms with van der Waals surface area (Å²) in [7, 11) is 0. The molecule has 0 spiro atoms. The van der Waals surface area contributed by atoms with Crippen molar-refractivity contribution in [2.75, 3.05) is 0 Å². The van der Waals surface area contributed by atoms with Crippen LogP contribution in [-0.4, -0.2) is 14.8 Å². The van der Waals surface area contributed by atoms with Gasteiger partial charge in [-0.1, -0.05) is 18.2 Å². The lowest BCUT2D eigenvalue weighted by Gasteiger charge is -2.10. The van der Waals surface area contributed by atoms with E-state index < -0.39 is 0 Å². The quantitative estimate of drug-likeness (QED) is 0.681. The molecule has 0 saturated heterocycles. The number of hydrogen-bond donors (Lipinski definition) is 0. The Balaban J connectivity index is 2.09. The summed E-state index contributed by atoms with van der Waals surface area (Å²) in [4.78, 5) is 4.06. The molecule has 3 aromatic rings. The molecule has 0 atom stereocenters. The summed E-state index contributed by atoms with van der Waals surface area (Å²) in [5, 5.41) is 4.53. The van der Waals surface area contributed by atoms with Gasteiger partial charge < -0.3 is 4.74 Å². The number of ether oxygens (including phenoxy) is 1. The summed E-state index contributed by atoms with van der Waals surface area (Å²) in [6, 6.07) is 13.5. The van der Waals surface area contributed by atoms with Crippen LogP contribution in [0.3, 0.4) is 0 Å². The van der Waals surface area contributed by atoms with E-state index in [0.717, 1.165) is 16.9 Å². The van der Waals surface area contributed by atoms with Crippen LogP contribution in [0.5, 0.6) is 11.6 Å². The van der Waals surface area contributed by atoms with Gasteiger partial charge in [-0.05, 0) is 31.2 Å². The smallest absolute Gasteiger partial charge is 0.227 e. The molecule has 4 nitrogen and oxygen atoms in total. The highest BCUT2D eigenvalue weighted by Crippen LogP contribution is 2.31. The summed E-state index contributed by atoms with van der Waals surface area (Å²) in [6.45, 7) is 1.92. The summed E-state index contributed by atoms with van der Waals surface area (Å²) in [5.41, 5.74) is 2.66. The number of halogens is 1. The molecular formula is C16H14ClN3O. The molecule has 1 aromatic carbocycles. The minimum absolute atomic E-state index is 0.342. The molecule has 0 bridgehead atoms. The summed E-state index contributed by atoms with van der Waals surface area (Å²) in [6.07, 6.45) is 3.37. The molecule has 0 aliphatic carbocycles. The Bertz CT molecular complexity index is 726. The molecule has 0 unspecified atom stereocenters. The second kappa shape index (κ2) is 5.97. The molecule has 2 heterocycles. The van der Waals surface area contributed by atoms with Crippen LogP contribution >= 0.6 is 11.6 Å². The highest BCUT2D eigenvalue weighted by molar-refractivity contribution is 6.17. The van der Waals surface area contributed by atoms with Crippen LogP contribution in [-0.2, 0) is 5.88 Å². The van der Waals surface area contributed by atoms with Crippen molar-refractivity contribution in [2.45, 2.75) is 12.8 Å². The minimum atomic E-state index is 0.342. The molecule has 0 aliphatic heterocycles. The van der Waals surface area contributed by atoms with E-state index in [2.05, 4.69) is 10.1 Å². The van der Waals surface area contributed by atoms with Gasteiger partial charge in [0.1, 0.15) is 5.75 Å². The zero-order chi connectivity index (χ0) is 14.7. The van der Waals surface area contributed by atoms with E-state index in [1.807, 2.05) is 49.4 Å². The fourth-order valence-corrected chi connectivity index (χ4v) is 2.37. The van der Waals surface area contributed by atoms with Gasteiger partial charge in [0.2, 0.25) is 5.88 Å². The third kappa shape index (κ3) is 2.76. The molecule has 0 amide bonds. The third-order valence-corrected chi connectivity index (χ3v) is 3.39. The van der Waals surface area contributed by atoms with Crippen LogP contribution in [0.4, 0.5) is 0 Å². The van der Waals surface area contributed by atoms with Crippen LogP contribution in [0.15, 0.2) is 54.9 Å². The first-order chi connectivity index (χ1) is 10.3. The van der Waals surface area contributed by atoms with Gasteiger partial charge in [-0.2, -0.15) is 5.10 Å². The SMILES string of the molecule is Cc1nn(-c2ccccc2)c(Oc2cccnc2)c1CCl. The van der Waals surface area contributed by atoms with Gasteiger partial charge in [-0.3, -0.25) is 4.98 Å². The van der Waals surface area contributed by atoms with E-state index in [4.69, 9.17) is 16.3 Å². The van der Waals surface area contributed by atoms with E-state index in [1.54, 1.807) is 17.1 Å². The standard InChI is InChI=1S/C16H14ClN3O/c1-12-15(10-17)16(21-14-8-5-9-18-11-14)20(19-12)13-6-3-2-4-7-13/h2-9,11H,10H2,1H3. The lowest BCUT2D eigenvalue weighted by molar-refractivity contribution is 0.439. The molecule has 106 valence electrons. The number of para-hydroxylation sites is 1. The van der Waals surface area contributed by atoms with Crippen LogP contribution in [0, 0.1) is 6.92 Å². The lowest BCUT2D eigenvalue weighted by Crippen LogP contribution is -2.00. The van der Waals surface area contributed by atoms with Gasteiger partial charge in [0.25, 0.3) is 0 Å². The average molecular weight is 300 g/mol. The molecule has 2 aromatic heterocycles. The fourth-order valence-electron chi connectivity index (χ4n) is 2.06. The van der Waals surface area contributed by atoms with Gasteiger partial charge in [0, 0.05) is 6.20 Å². The highest BCUT2D eigenvalue weighted by Gasteiger charge is 2.17. The normalized spacial score (nSPS) is 10.6. The molecule has 21 heavy (non-hydrogen) atoms. The number of alkyl halides is 1. The van der Waals surface area contributed by atoms with Crippen LogP contribution in [0.1, 0.15) is 11.3 Å². The van der Waals surface area contributed by atoms with Gasteiger partial charge in [-0.15, -0.1) is 11.6 Å². The van der Waals surface area contributed by atoms with E-state index in [-0.39, 0.29) is 0 Å². The maximum absolute atomic E-state index is 6.06. The van der Waals surface area contributed by atoms with Crippen molar-refractivity contribution in [3.63, 3.8) is 0 Å². The minimum Gasteiger partial charge on any atom is -0.437 e. The molecule has 0 N–H and O–H groups in total. The first kappa shape index (κ1) is 13.6. The second-order valence-corrected chi connectivity index (χ2v) is 4.81. The number of aromatic nitrogens is 3. The van der Waals surface area contributed by atoms with Crippen LogP contribution in [0.2, 0.25) is 0 Å². The number of nitrogens with zero attached hydrogens (tertiary/aromatic N) is 3. The summed E-state index contributed by atoms with van der Waals surface area (Å²) in [5.74, 6) is 1.62. The number of hydrogen-bond acceptors (Lipinski definition) is 3. The maximum Gasteiger partial charge on any atom is 0.227 e. The van der Waals surface area contributed by atoms with Gasteiger partial charge in [0.15, 0.2) is 0 Å².